The minimum absolute atomic E-state index is 0.0378. The van der Waals surface area contributed by atoms with Crippen LogP contribution in [0.1, 0.15) is 6.92 Å². The zero-order valence-electron chi connectivity index (χ0n) is 15.2. The molecule has 3 rings (SSSR count). The van der Waals surface area contributed by atoms with Crippen molar-refractivity contribution in [1.82, 2.24) is 5.32 Å². The second-order valence-corrected chi connectivity index (χ2v) is 6.90. The number of benzene rings is 1. The fourth-order valence-electron chi connectivity index (χ4n) is 2.71. The third kappa shape index (κ3) is 4.83. The molecule has 29 heavy (non-hydrogen) atoms. The van der Waals surface area contributed by atoms with E-state index in [4.69, 9.17) is 17.0 Å². The summed E-state index contributed by atoms with van der Waals surface area (Å²) in [6.07, 6.45) is -1.28. The van der Waals surface area contributed by atoms with E-state index in [9.17, 15) is 22.8 Å². The number of anilines is 3. The Morgan fingerprint density at radius 3 is 2.48 bits per heavy atom. The lowest BCUT2D eigenvalue weighted by molar-refractivity contribution is 0.143. The Morgan fingerprint density at radius 2 is 1.83 bits per heavy atom. The number of thiocarbonyl (C=S) groups is 1. The van der Waals surface area contributed by atoms with Gasteiger partial charge in [0.05, 0.1) is 29.5 Å². The van der Waals surface area contributed by atoms with Crippen LogP contribution in [0.4, 0.5) is 35.0 Å². The molecule has 152 valence electrons. The first-order valence-electron chi connectivity index (χ1n) is 8.53. The lowest BCUT2D eigenvalue weighted by Crippen LogP contribution is -2.32. The highest BCUT2D eigenvalue weighted by Gasteiger charge is 2.33. The Kier molecular flexibility index (Phi) is 6.02. The van der Waals surface area contributed by atoms with Gasteiger partial charge in [-0.3, -0.25) is 9.69 Å². The standard InChI is InChI=1S/C19H16F3N3O3S/c1-10(29)23-8-13-9-25(19(27)28-13)12-6-14(21)18(15(22)7-12)24-16-4-2-11(20)3-5-17(16)26/h2-7,13H,8-9H2,1H3,(H,23,29)(H,24,26)/t13-/m0/s1. The van der Waals surface area contributed by atoms with Crippen LogP contribution >= 0.6 is 12.2 Å². The molecule has 2 aromatic carbocycles. The Hall–Kier alpha value is -3.14. The number of amides is 1. The molecule has 1 aliphatic heterocycles. The van der Waals surface area contributed by atoms with E-state index in [0.29, 0.717) is 4.99 Å². The van der Waals surface area contributed by atoms with Crippen LogP contribution in [-0.2, 0) is 4.74 Å². The quantitative estimate of drug-likeness (QED) is 0.718. The van der Waals surface area contributed by atoms with E-state index < -0.39 is 40.8 Å². The Balaban J connectivity index is 1.83. The zero-order valence-corrected chi connectivity index (χ0v) is 16.0. The molecule has 1 fully saturated rings. The summed E-state index contributed by atoms with van der Waals surface area (Å²) in [5, 5.41) is 5.20. The smallest absolute Gasteiger partial charge is 0.414 e. The van der Waals surface area contributed by atoms with Gasteiger partial charge >= 0.3 is 6.09 Å². The summed E-state index contributed by atoms with van der Waals surface area (Å²) in [7, 11) is 0. The first-order valence-corrected chi connectivity index (χ1v) is 8.94. The van der Waals surface area contributed by atoms with Gasteiger partial charge in [-0.15, -0.1) is 0 Å². The molecular formula is C19H16F3N3O3S. The van der Waals surface area contributed by atoms with E-state index in [1.165, 1.54) is 0 Å². The number of carbonyl (C=O) groups excluding carboxylic acids is 1. The maximum Gasteiger partial charge on any atom is 0.414 e. The van der Waals surface area contributed by atoms with E-state index >= 15 is 0 Å². The maximum atomic E-state index is 14.5. The maximum absolute atomic E-state index is 14.5. The monoisotopic (exact) mass is 423 g/mol. The Bertz CT molecular complexity index is 1010. The van der Waals surface area contributed by atoms with Crippen molar-refractivity contribution < 1.29 is 22.7 Å². The van der Waals surface area contributed by atoms with E-state index in [1.807, 2.05) is 0 Å². The average molecular weight is 423 g/mol. The van der Waals surface area contributed by atoms with Crippen LogP contribution in [0.25, 0.3) is 0 Å². The fraction of sp³-hybridized carbons (Fsp3) is 0.211. The number of hydrogen-bond donors (Lipinski definition) is 2. The van der Waals surface area contributed by atoms with Crippen LogP contribution < -0.4 is 21.0 Å². The van der Waals surface area contributed by atoms with Crippen molar-refractivity contribution in [2.75, 3.05) is 23.3 Å². The van der Waals surface area contributed by atoms with Crippen molar-refractivity contribution in [3.63, 3.8) is 0 Å². The molecule has 0 unspecified atom stereocenters. The summed E-state index contributed by atoms with van der Waals surface area (Å²) >= 11 is 4.89. The number of nitrogens with one attached hydrogen (secondary N) is 2. The minimum atomic E-state index is -1.03. The van der Waals surface area contributed by atoms with Gasteiger partial charge in [-0.05, 0) is 31.2 Å². The molecule has 0 aromatic heterocycles. The molecule has 1 aliphatic rings. The predicted octanol–water partition coefficient (Wildman–Crippen LogP) is 3.47. The summed E-state index contributed by atoms with van der Waals surface area (Å²) in [6.45, 7) is 2.03. The molecule has 1 heterocycles. The summed E-state index contributed by atoms with van der Waals surface area (Å²) in [4.78, 5) is 25.6. The van der Waals surface area contributed by atoms with Crippen molar-refractivity contribution in [3.8, 4) is 0 Å². The van der Waals surface area contributed by atoms with Crippen LogP contribution in [-0.4, -0.2) is 30.3 Å². The molecule has 0 aliphatic carbocycles. The van der Waals surface area contributed by atoms with E-state index in [-0.39, 0.29) is 24.5 Å². The second-order valence-electron chi connectivity index (χ2n) is 6.29. The van der Waals surface area contributed by atoms with E-state index in [2.05, 4.69) is 10.6 Å². The van der Waals surface area contributed by atoms with Gasteiger partial charge in [0.15, 0.2) is 11.6 Å². The number of rotatable bonds is 5. The molecular weight excluding hydrogens is 407 g/mol. The number of cyclic esters (lactones) is 1. The van der Waals surface area contributed by atoms with Crippen molar-refractivity contribution >= 4 is 40.4 Å². The predicted molar refractivity (Wildman–Crippen MR) is 106 cm³/mol. The van der Waals surface area contributed by atoms with Gasteiger partial charge in [-0.1, -0.05) is 12.2 Å². The van der Waals surface area contributed by atoms with Crippen LogP contribution in [0.15, 0.2) is 41.2 Å². The van der Waals surface area contributed by atoms with Crippen molar-refractivity contribution in [2.45, 2.75) is 13.0 Å². The van der Waals surface area contributed by atoms with Gasteiger partial charge in [0.2, 0.25) is 5.43 Å². The lowest BCUT2D eigenvalue weighted by Gasteiger charge is -2.16. The topological polar surface area (TPSA) is 70.7 Å². The second kappa shape index (κ2) is 8.48. The largest absolute Gasteiger partial charge is 0.442 e. The number of hydrogen-bond acceptors (Lipinski definition) is 5. The molecule has 2 aromatic rings. The minimum Gasteiger partial charge on any atom is -0.442 e. The third-order valence-corrected chi connectivity index (χ3v) is 4.26. The van der Waals surface area contributed by atoms with Gasteiger partial charge in [-0.2, -0.15) is 0 Å². The molecule has 1 saturated heterocycles. The van der Waals surface area contributed by atoms with Crippen LogP contribution in [0, 0.1) is 17.5 Å². The summed E-state index contributed by atoms with van der Waals surface area (Å²) in [6, 6.07) is 5.85. The molecule has 2 N–H and O–H groups in total. The summed E-state index contributed by atoms with van der Waals surface area (Å²) < 4.78 is 47.5. The fourth-order valence-corrected chi connectivity index (χ4v) is 2.80. The normalized spacial score (nSPS) is 15.8. The number of nitrogens with zero attached hydrogens (tertiary/aromatic N) is 1. The molecule has 0 bridgehead atoms. The van der Waals surface area contributed by atoms with Crippen molar-refractivity contribution in [1.29, 1.82) is 0 Å². The average Bonchev–Trinajstić information content (AvgIpc) is 2.95. The van der Waals surface area contributed by atoms with Crippen LogP contribution in [0.3, 0.4) is 0 Å². The van der Waals surface area contributed by atoms with Crippen molar-refractivity contribution in [2.24, 2.45) is 0 Å². The number of halogens is 3. The SMILES string of the molecule is CC(=S)NC[C@H]1CN(c2cc(F)c(Nc3ccc(F)ccc3=O)c(F)c2)C(=O)O1. The number of carbonyl (C=O) groups is 1. The van der Waals surface area contributed by atoms with Gasteiger partial charge in [-0.25, -0.2) is 18.0 Å². The highest BCUT2D eigenvalue weighted by Crippen LogP contribution is 2.30. The Morgan fingerprint density at radius 1 is 1.17 bits per heavy atom. The molecule has 0 spiro atoms. The highest BCUT2D eigenvalue weighted by molar-refractivity contribution is 7.80. The molecule has 10 heteroatoms. The Labute approximate surface area is 169 Å². The number of ether oxygens (including phenoxy) is 1. The third-order valence-electron chi connectivity index (χ3n) is 4.12. The van der Waals surface area contributed by atoms with Gasteiger partial charge in [0.1, 0.15) is 17.6 Å². The highest BCUT2D eigenvalue weighted by atomic mass is 32.1. The molecule has 1 atom stereocenters. The molecule has 6 nitrogen and oxygen atoms in total. The molecule has 0 radical (unpaired) electrons. The first-order chi connectivity index (χ1) is 13.7. The molecule has 1 amide bonds. The first kappa shape index (κ1) is 20.6. The van der Waals surface area contributed by atoms with E-state index in [0.717, 1.165) is 41.3 Å². The van der Waals surface area contributed by atoms with E-state index in [1.54, 1.807) is 6.92 Å². The summed E-state index contributed by atoms with van der Waals surface area (Å²) in [5.41, 5.74) is -1.49. The van der Waals surface area contributed by atoms with Crippen LogP contribution in [0.5, 0.6) is 0 Å². The van der Waals surface area contributed by atoms with Gasteiger partial charge < -0.3 is 15.4 Å². The summed E-state index contributed by atoms with van der Waals surface area (Å²) in [5.74, 6) is -2.74. The van der Waals surface area contributed by atoms with Gasteiger partial charge in [0, 0.05) is 12.1 Å². The molecule has 0 saturated carbocycles. The van der Waals surface area contributed by atoms with Crippen molar-refractivity contribution in [3.05, 3.63) is 64.1 Å². The van der Waals surface area contributed by atoms with Gasteiger partial charge in [0.25, 0.3) is 0 Å². The lowest BCUT2D eigenvalue weighted by atomic mass is 10.2. The van der Waals surface area contributed by atoms with Crippen LogP contribution in [0.2, 0.25) is 0 Å². The zero-order chi connectivity index (χ0) is 21.1.